The molecule has 1 aliphatic carbocycles. The van der Waals surface area contributed by atoms with Gasteiger partial charge in [-0.3, -0.25) is 5.43 Å². The molecule has 88 valence electrons. The van der Waals surface area contributed by atoms with Gasteiger partial charge in [-0.15, -0.1) is 0 Å². The van der Waals surface area contributed by atoms with Crippen LogP contribution in [0.5, 0.6) is 0 Å². The number of piperazine rings is 1. The van der Waals surface area contributed by atoms with Crippen LogP contribution in [0.25, 0.3) is 0 Å². The summed E-state index contributed by atoms with van der Waals surface area (Å²) in [4.78, 5) is 2.38. The third-order valence-electron chi connectivity index (χ3n) is 3.81. The van der Waals surface area contributed by atoms with Gasteiger partial charge in [0.2, 0.25) is 0 Å². The van der Waals surface area contributed by atoms with E-state index in [9.17, 15) is 0 Å². The molecule has 1 aliphatic heterocycles. The smallest absolute Gasteiger partial charge is 0.0259 e. The Morgan fingerprint density at radius 3 is 2.60 bits per heavy atom. The van der Waals surface area contributed by atoms with Gasteiger partial charge in [-0.2, -0.15) is 0 Å². The molecule has 3 N–H and O–H groups in total. The first kappa shape index (κ1) is 11.3. The number of hydrogen-bond donors (Lipinski definition) is 2. The van der Waals surface area contributed by atoms with E-state index in [1.807, 2.05) is 0 Å². The maximum absolute atomic E-state index is 5.78. The van der Waals surface area contributed by atoms with Crippen molar-refractivity contribution in [3.8, 4) is 0 Å². The van der Waals surface area contributed by atoms with Gasteiger partial charge in [-0.25, -0.2) is 5.01 Å². The summed E-state index contributed by atoms with van der Waals surface area (Å²) in [6.45, 7) is 5.47. The van der Waals surface area contributed by atoms with Crippen LogP contribution in [-0.4, -0.2) is 55.7 Å². The van der Waals surface area contributed by atoms with Crippen LogP contribution in [0.15, 0.2) is 0 Å². The lowest BCUT2D eigenvalue weighted by molar-refractivity contribution is 0.0792. The predicted octanol–water partition coefficient (Wildman–Crippen LogP) is -0.134. The normalized spacial score (nSPS) is 34.8. The minimum Gasteiger partial charge on any atom is -0.330 e. The second-order valence-electron chi connectivity index (χ2n) is 4.95. The Morgan fingerprint density at radius 1 is 1.20 bits per heavy atom. The monoisotopic (exact) mass is 212 g/mol. The fraction of sp³-hybridized carbons (Fsp3) is 1.00. The Hall–Kier alpha value is -0.160. The minimum absolute atomic E-state index is 0.637. The molecule has 1 saturated heterocycles. The van der Waals surface area contributed by atoms with E-state index in [2.05, 4.69) is 22.4 Å². The average Bonchev–Trinajstić information content (AvgIpc) is 2.69. The first-order chi connectivity index (χ1) is 7.29. The minimum atomic E-state index is 0.637. The van der Waals surface area contributed by atoms with Crippen molar-refractivity contribution in [3.05, 3.63) is 0 Å². The van der Waals surface area contributed by atoms with Crippen LogP contribution in [0.4, 0.5) is 0 Å². The molecule has 2 rings (SSSR count). The highest BCUT2D eigenvalue weighted by Gasteiger charge is 2.28. The van der Waals surface area contributed by atoms with Crippen molar-refractivity contribution in [1.29, 1.82) is 0 Å². The zero-order chi connectivity index (χ0) is 10.7. The van der Waals surface area contributed by atoms with Crippen LogP contribution in [0.1, 0.15) is 19.3 Å². The zero-order valence-electron chi connectivity index (χ0n) is 9.78. The highest BCUT2D eigenvalue weighted by molar-refractivity contribution is 4.83. The summed E-state index contributed by atoms with van der Waals surface area (Å²) in [7, 11) is 2.19. The van der Waals surface area contributed by atoms with E-state index in [4.69, 9.17) is 5.73 Å². The van der Waals surface area contributed by atoms with Crippen LogP contribution in [0, 0.1) is 5.92 Å². The van der Waals surface area contributed by atoms with Gasteiger partial charge in [-0.1, -0.05) is 6.42 Å². The number of nitrogens with two attached hydrogens (primary N) is 1. The van der Waals surface area contributed by atoms with E-state index >= 15 is 0 Å². The van der Waals surface area contributed by atoms with E-state index in [0.29, 0.717) is 12.0 Å². The summed E-state index contributed by atoms with van der Waals surface area (Å²) in [6, 6.07) is 0.637. The Bertz CT molecular complexity index is 189. The molecular formula is C11H24N4. The third-order valence-corrected chi connectivity index (χ3v) is 3.81. The maximum atomic E-state index is 5.78. The van der Waals surface area contributed by atoms with Crippen molar-refractivity contribution >= 4 is 0 Å². The van der Waals surface area contributed by atoms with Crippen LogP contribution >= 0.6 is 0 Å². The predicted molar refractivity (Wildman–Crippen MR) is 62.4 cm³/mol. The lowest BCUT2D eigenvalue weighted by Crippen LogP contribution is -2.55. The summed E-state index contributed by atoms with van der Waals surface area (Å²) < 4.78 is 0. The molecule has 2 unspecified atom stereocenters. The van der Waals surface area contributed by atoms with Crippen molar-refractivity contribution in [2.45, 2.75) is 25.3 Å². The van der Waals surface area contributed by atoms with Crippen molar-refractivity contribution in [3.63, 3.8) is 0 Å². The summed E-state index contributed by atoms with van der Waals surface area (Å²) in [5.41, 5.74) is 9.45. The van der Waals surface area contributed by atoms with Crippen molar-refractivity contribution in [1.82, 2.24) is 15.3 Å². The van der Waals surface area contributed by atoms with Gasteiger partial charge in [0.25, 0.3) is 0 Å². The van der Waals surface area contributed by atoms with E-state index in [0.717, 1.165) is 19.6 Å². The van der Waals surface area contributed by atoms with Crippen molar-refractivity contribution in [2.24, 2.45) is 11.7 Å². The molecule has 4 nitrogen and oxygen atoms in total. The van der Waals surface area contributed by atoms with E-state index in [1.165, 1.54) is 32.4 Å². The average molecular weight is 212 g/mol. The van der Waals surface area contributed by atoms with E-state index < -0.39 is 0 Å². The molecule has 1 saturated carbocycles. The number of nitrogens with one attached hydrogen (secondary N) is 1. The first-order valence-corrected chi connectivity index (χ1v) is 6.19. The largest absolute Gasteiger partial charge is 0.330 e. The highest BCUT2D eigenvalue weighted by Crippen LogP contribution is 2.24. The molecule has 15 heavy (non-hydrogen) atoms. The first-order valence-electron chi connectivity index (χ1n) is 6.19. The van der Waals surface area contributed by atoms with Gasteiger partial charge >= 0.3 is 0 Å². The molecule has 1 heterocycles. The molecule has 0 bridgehead atoms. The molecule has 2 atom stereocenters. The molecule has 0 aromatic carbocycles. The summed E-state index contributed by atoms with van der Waals surface area (Å²) >= 11 is 0. The lowest BCUT2D eigenvalue weighted by atomic mass is 10.1. The number of likely N-dealkylation sites (N-methyl/N-ethyl adjacent to an activating group) is 1. The lowest BCUT2D eigenvalue weighted by Gasteiger charge is -2.35. The molecule has 0 aromatic rings. The van der Waals surface area contributed by atoms with E-state index in [-0.39, 0.29) is 0 Å². The van der Waals surface area contributed by atoms with Gasteiger partial charge in [0.1, 0.15) is 0 Å². The second kappa shape index (κ2) is 5.25. The summed E-state index contributed by atoms with van der Waals surface area (Å²) in [5.74, 6) is 0.699. The molecule has 2 fully saturated rings. The van der Waals surface area contributed by atoms with Crippen molar-refractivity contribution < 1.29 is 0 Å². The van der Waals surface area contributed by atoms with Gasteiger partial charge in [0, 0.05) is 32.2 Å². The summed E-state index contributed by atoms with van der Waals surface area (Å²) in [5, 5.41) is 2.39. The topological polar surface area (TPSA) is 44.5 Å². The molecular weight excluding hydrogens is 188 g/mol. The SMILES string of the molecule is CN1CCN(NC2CCCC2CN)CC1. The second-order valence-corrected chi connectivity index (χ2v) is 4.95. The maximum Gasteiger partial charge on any atom is 0.0259 e. The Balaban J connectivity index is 1.76. The zero-order valence-corrected chi connectivity index (χ0v) is 9.78. The van der Waals surface area contributed by atoms with Crippen molar-refractivity contribution in [2.75, 3.05) is 39.8 Å². The van der Waals surface area contributed by atoms with Crippen LogP contribution in [-0.2, 0) is 0 Å². The Morgan fingerprint density at radius 2 is 1.93 bits per heavy atom. The van der Waals surface area contributed by atoms with Crippen LogP contribution in [0.3, 0.4) is 0 Å². The molecule has 4 heteroatoms. The number of hydrogen-bond acceptors (Lipinski definition) is 4. The van der Waals surface area contributed by atoms with Crippen LogP contribution in [0.2, 0.25) is 0 Å². The molecule has 0 radical (unpaired) electrons. The molecule has 0 aromatic heterocycles. The Labute approximate surface area is 92.8 Å². The highest BCUT2D eigenvalue weighted by atomic mass is 15.5. The standard InChI is InChI=1S/C11H24N4/c1-14-5-7-15(8-6-14)13-11-4-2-3-10(11)9-12/h10-11,13H,2-9,12H2,1H3. The van der Waals surface area contributed by atoms with Gasteiger partial charge in [0.05, 0.1) is 0 Å². The molecule has 2 aliphatic rings. The van der Waals surface area contributed by atoms with Gasteiger partial charge in [0.15, 0.2) is 0 Å². The number of hydrazine groups is 1. The van der Waals surface area contributed by atoms with Gasteiger partial charge < -0.3 is 10.6 Å². The molecule has 0 spiro atoms. The fourth-order valence-corrected chi connectivity index (χ4v) is 2.66. The van der Waals surface area contributed by atoms with E-state index in [1.54, 1.807) is 0 Å². The number of nitrogens with zero attached hydrogens (tertiary/aromatic N) is 2. The fourth-order valence-electron chi connectivity index (χ4n) is 2.66. The third kappa shape index (κ3) is 2.91. The van der Waals surface area contributed by atoms with Crippen LogP contribution < -0.4 is 11.2 Å². The number of rotatable bonds is 3. The summed E-state index contributed by atoms with van der Waals surface area (Å²) in [6.07, 6.45) is 3.95. The quantitative estimate of drug-likeness (QED) is 0.684. The molecule has 0 amide bonds. The Kier molecular flexibility index (Phi) is 3.97. The van der Waals surface area contributed by atoms with Gasteiger partial charge in [-0.05, 0) is 32.4 Å².